The highest BCUT2D eigenvalue weighted by molar-refractivity contribution is 5.73. The van der Waals surface area contributed by atoms with E-state index in [9.17, 15) is 9.90 Å². The van der Waals surface area contributed by atoms with Gasteiger partial charge in [-0.05, 0) is 0 Å². The predicted octanol–water partition coefficient (Wildman–Crippen LogP) is -2.44. The van der Waals surface area contributed by atoms with Crippen LogP contribution in [0.5, 0.6) is 0 Å². The van der Waals surface area contributed by atoms with E-state index < -0.39 is 24.5 Å². The molecule has 1 rings (SSSR count). The van der Waals surface area contributed by atoms with Gasteiger partial charge < -0.3 is 25.4 Å². The van der Waals surface area contributed by atoms with E-state index in [-0.39, 0.29) is 12.5 Å². The number of nitrogens with one attached hydrogen (secondary N) is 1. The third-order valence-electron chi connectivity index (χ3n) is 1.89. The average molecular weight is 191 g/mol. The lowest BCUT2D eigenvalue weighted by Gasteiger charge is -2.35. The smallest absolute Gasteiger partial charge is 0.217 e. The SMILES string of the molecule is CC(=O)N[C@@H]1COC(O)[C@H](O)C1O. The average Bonchev–Trinajstić information content (AvgIpc) is 2.06. The highest BCUT2D eigenvalue weighted by Gasteiger charge is 2.37. The van der Waals surface area contributed by atoms with Gasteiger partial charge in [0.25, 0.3) is 0 Å². The molecule has 0 radical (unpaired) electrons. The number of aliphatic hydroxyl groups is 3. The summed E-state index contributed by atoms with van der Waals surface area (Å²) in [7, 11) is 0. The molecule has 1 saturated heterocycles. The summed E-state index contributed by atoms with van der Waals surface area (Å²) in [6.45, 7) is 1.28. The molecule has 76 valence electrons. The first-order valence-electron chi connectivity index (χ1n) is 3.95. The van der Waals surface area contributed by atoms with Crippen LogP contribution in [0.1, 0.15) is 6.92 Å². The molecule has 1 fully saturated rings. The van der Waals surface area contributed by atoms with Crippen LogP contribution in [0.3, 0.4) is 0 Å². The van der Waals surface area contributed by atoms with E-state index in [1.54, 1.807) is 0 Å². The first-order chi connectivity index (χ1) is 6.02. The van der Waals surface area contributed by atoms with Gasteiger partial charge in [-0.3, -0.25) is 4.79 Å². The molecule has 0 aliphatic carbocycles. The molecular formula is C7H13NO5. The van der Waals surface area contributed by atoms with E-state index >= 15 is 0 Å². The van der Waals surface area contributed by atoms with E-state index in [1.807, 2.05) is 0 Å². The molecule has 1 amide bonds. The molecule has 1 aliphatic heterocycles. The lowest BCUT2D eigenvalue weighted by Crippen LogP contribution is -2.58. The maximum Gasteiger partial charge on any atom is 0.217 e. The summed E-state index contributed by atoms with van der Waals surface area (Å²) in [4.78, 5) is 10.6. The van der Waals surface area contributed by atoms with Crippen LogP contribution in [0.2, 0.25) is 0 Å². The minimum absolute atomic E-state index is 0.0149. The summed E-state index contributed by atoms with van der Waals surface area (Å²) in [5.41, 5.74) is 0. The number of hydrogen-bond donors (Lipinski definition) is 4. The Labute approximate surface area is 75.1 Å². The molecule has 0 aromatic rings. The zero-order chi connectivity index (χ0) is 10.0. The van der Waals surface area contributed by atoms with E-state index in [0.717, 1.165) is 0 Å². The summed E-state index contributed by atoms with van der Waals surface area (Å²) in [6.07, 6.45) is -3.97. The Morgan fingerprint density at radius 3 is 2.54 bits per heavy atom. The van der Waals surface area contributed by atoms with Crippen LogP contribution in [0, 0.1) is 0 Å². The fourth-order valence-electron chi connectivity index (χ4n) is 1.19. The van der Waals surface area contributed by atoms with E-state index in [4.69, 9.17) is 14.9 Å². The molecular weight excluding hydrogens is 178 g/mol. The van der Waals surface area contributed by atoms with Crippen molar-refractivity contribution in [1.82, 2.24) is 5.32 Å². The number of rotatable bonds is 1. The first-order valence-corrected chi connectivity index (χ1v) is 3.95. The third kappa shape index (κ3) is 2.38. The molecule has 1 aliphatic rings. The van der Waals surface area contributed by atoms with Crippen molar-refractivity contribution in [2.24, 2.45) is 0 Å². The Morgan fingerprint density at radius 2 is 2.00 bits per heavy atom. The zero-order valence-corrected chi connectivity index (χ0v) is 7.17. The van der Waals surface area contributed by atoms with Crippen molar-refractivity contribution in [3.05, 3.63) is 0 Å². The quantitative estimate of drug-likeness (QED) is 0.369. The molecule has 6 nitrogen and oxygen atoms in total. The van der Waals surface area contributed by atoms with Crippen molar-refractivity contribution < 1.29 is 24.9 Å². The molecule has 0 spiro atoms. The number of ether oxygens (including phenoxy) is 1. The van der Waals surface area contributed by atoms with Crippen LogP contribution >= 0.6 is 0 Å². The van der Waals surface area contributed by atoms with Gasteiger partial charge in [0.15, 0.2) is 6.29 Å². The minimum Gasteiger partial charge on any atom is -0.388 e. The Morgan fingerprint density at radius 1 is 1.38 bits per heavy atom. The van der Waals surface area contributed by atoms with Gasteiger partial charge in [-0.1, -0.05) is 0 Å². The van der Waals surface area contributed by atoms with E-state index in [2.05, 4.69) is 5.32 Å². The van der Waals surface area contributed by atoms with Gasteiger partial charge in [0.05, 0.1) is 12.6 Å². The molecule has 6 heteroatoms. The molecule has 0 aromatic heterocycles. The number of carbonyl (C=O) groups is 1. The molecule has 0 saturated carbocycles. The normalized spacial score (nSPS) is 40.0. The highest BCUT2D eigenvalue weighted by Crippen LogP contribution is 2.13. The molecule has 4 N–H and O–H groups in total. The summed E-state index contributed by atoms with van der Waals surface area (Å²) >= 11 is 0. The summed E-state index contributed by atoms with van der Waals surface area (Å²) in [5, 5.41) is 29.9. The van der Waals surface area contributed by atoms with Crippen LogP contribution in [-0.2, 0) is 9.53 Å². The fraction of sp³-hybridized carbons (Fsp3) is 0.857. The Bertz CT molecular complexity index is 197. The van der Waals surface area contributed by atoms with Gasteiger partial charge in [-0.15, -0.1) is 0 Å². The second-order valence-electron chi connectivity index (χ2n) is 3.01. The topological polar surface area (TPSA) is 99.0 Å². The zero-order valence-electron chi connectivity index (χ0n) is 7.17. The van der Waals surface area contributed by atoms with Crippen molar-refractivity contribution in [1.29, 1.82) is 0 Å². The summed E-state index contributed by atoms with van der Waals surface area (Å²) < 4.78 is 4.70. The summed E-state index contributed by atoms with van der Waals surface area (Å²) in [5.74, 6) is -0.323. The van der Waals surface area contributed by atoms with Crippen molar-refractivity contribution in [2.75, 3.05) is 6.61 Å². The number of hydrogen-bond acceptors (Lipinski definition) is 5. The number of carbonyl (C=O) groups excluding carboxylic acids is 1. The highest BCUT2D eigenvalue weighted by atomic mass is 16.6. The van der Waals surface area contributed by atoms with Crippen LogP contribution in [0.4, 0.5) is 0 Å². The standard InChI is InChI=1S/C7H13NO5/c1-3(9)8-4-2-13-7(12)6(11)5(4)10/h4-7,10-12H,2H2,1H3,(H,8,9)/t4-,5?,6-,7?/m1/s1. The van der Waals surface area contributed by atoms with Gasteiger partial charge in [0.2, 0.25) is 5.91 Å². The molecule has 0 bridgehead atoms. The maximum absolute atomic E-state index is 10.6. The second kappa shape index (κ2) is 4.01. The van der Waals surface area contributed by atoms with Gasteiger partial charge in [-0.25, -0.2) is 0 Å². The van der Waals surface area contributed by atoms with Crippen molar-refractivity contribution >= 4 is 5.91 Å². The van der Waals surface area contributed by atoms with Crippen LogP contribution in [0.25, 0.3) is 0 Å². The van der Waals surface area contributed by atoms with Gasteiger partial charge >= 0.3 is 0 Å². The van der Waals surface area contributed by atoms with Crippen LogP contribution < -0.4 is 5.32 Å². The molecule has 2 unspecified atom stereocenters. The minimum atomic E-state index is -1.39. The third-order valence-corrected chi connectivity index (χ3v) is 1.89. The predicted molar refractivity (Wildman–Crippen MR) is 41.6 cm³/mol. The fourth-order valence-corrected chi connectivity index (χ4v) is 1.19. The monoisotopic (exact) mass is 191 g/mol. The number of aliphatic hydroxyl groups excluding tert-OH is 3. The van der Waals surface area contributed by atoms with Gasteiger partial charge in [-0.2, -0.15) is 0 Å². The number of amides is 1. The molecule has 4 atom stereocenters. The Hall–Kier alpha value is -0.690. The van der Waals surface area contributed by atoms with Crippen LogP contribution in [0.15, 0.2) is 0 Å². The Balaban J connectivity index is 2.53. The van der Waals surface area contributed by atoms with Crippen LogP contribution in [-0.4, -0.2) is 52.4 Å². The molecule has 13 heavy (non-hydrogen) atoms. The summed E-state index contributed by atoms with van der Waals surface area (Å²) in [6, 6.07) is -0.670. The lowest BCUT2D eigenvalue weighted by molar-refractivity contribution is -0.229. The molecule has 1 heterocycles. The maximum atomic E-state index is 10.6. The largest absolute Gasteiger partial charge is 0.388 e. The van der Waals surface area contributed by atoms with Gasteiger partial charge in [0, 0.05) is 6.92 Å². The van der Waals surface area contributed by atoms with Crippen molar-refractivity contribution in [2.45, 2.75) is 31.5 Å². The first kappa shape index (κ1) is 10.4. The van der Waals surface area contributed by atoms with Gasteiger partial charge in [0.1, 0.15) is 12.2 Å². The second-order valence-corrected chi connectivity index (χ2v) is 3.01. The molecule has 0 aromatic carbocycles. The van der Waals surface area contributed by atoms with E-state index in [1.165, 1.54) is 6.92 Å². The van der Waals surface area contributed by atoms with Crippen molar-refractivity contribution in [3.8, 4) is 0 Å². The Kier molecular flexibility index (Phi) is 3.21. The van der Waals surface area contributed by atoms with Crippen molar-refractivity contribution in [3.63, 3.8) is 0 Å². The van der Waals surface area contributed by atoms with E-state index in [0.29, 0.717) is 0 Å². The lowest BCUT2D eigenvalue weighted by atomic mass is 10.0.